The fourth-order valence-corrected chi connectivity index (χ4v) is 6.57. The summed E-state index contributed by atoms with van der Waals surface area (Å²) in [6.07, 6.45) is 0. The Bertz CT molecular complexity index is 2490. The van der Waals surface area contributed by atoms with Gasteiger partial charge in [-0.2, -0.15) is 0 Å². The summed E-state index contributed by atoms with van der Waals surface area (Å²) < 4.78 is 6.59. The van der Waals surface area contributed by atoms with E-state index in [1.54, 1.807) is 0 Å². The first-order valence-electron chi connectivity index (χ1n) is 16.4. The highest BCUT2D eigenvalue weighted by Gasteiger charge is 2.20. The Morgan fingerprint density at radius 3 is 1.37 bits per heavy atom. The molecule has 0 saturated carbocycles. The highest BCUT2D eigenvalue weighted by molar-refractivity contribution is 6.15. The van der Waals surface area contributed by atoms with Gasteiger partial charge in [0.05, 0.1) is 0 Å². The molecule has 4 heteroatoms. The number of aromatic nitrogens is 3. The van der Waals surface area contributed by atoms with E-state index in [-0.39, 0.29) is 0 Å². The van der Waals surface area contributed by atoms with Crippen LogP contribution in [0.15, 0.2) is 180 Å². The second-order valence-corrected chi connectivity index (χ2v) is 12.0. The summed E-state index contributed by atoms with van der Waals surface area (Å²) in [5, 5.41) is 2.00. The topological polar surface area (TPSA) is 51.8 Å². The van der Waals surface area contributed by atoms with Crippen LogP contribution in [0.1, 0.15) is 0 Å². The van der Waals surface area contributed by atoms with Crippen LogP contribution in [0.4, 0.5) is 0 Å². The van der Waals surface area contributed by atoms with Crippen molar-refractivity contribution in [2.45, 2.75) is 0 Å². The van der Waals surface area contributed by atoms with Gasteiger partial charge in [-0.1, -0.05) is 158 Å². The molecule has 9 rings (SSSR count). The Morgan fingerprint density at radius 1 is 0.327 bits per heavy atom. The Hall–Kier alpha value is -6.65. The first-order chi connectivity index (χ1) is 24.3. The maximum atomic E-state index is 6.59. The van der Waals surface area contributed by atoms with Crippen LogP contribution in [0, 0.1) is 0 Å². The van der Waals surface area contributed by atoms with Crippen LogP contribution in [0.2, 0.25) is 0 Å². The molecule has 0 N–H and O–H groups in total. The van der Waals surface area contributed by atoms with Crippen molar-refractivity contribution in [3.8, 4) is 67.5 Å². The largest absolute Gasteiger partial charge is 0.455 e. The Labute approximate surface area is 284 Å². The molecule has 4 nitrogen and oxygen atoms in total. The van der Waals surface area contributed by atoms with Crippen molar-refractivity contribution in [1.29, 1.82) is 0 Å². The molecule has 0 radical (unpaired) electrons. The first-order valence-corrected chi connectivity index (χ1v) is 16.4. The lowest BCUT2D eigenvalue weighted by molar-refractivity contribution is 0.670. The molecule has 0 aliphatic carbocycles. The van der Waals surface area contributed by atoms with E-state index in [1.807, 2.05) is 30.3 Å². The van der Waals surface area contributed by atoms with Crippen molar-refractivity contribution in [2.75, 3.05) is 0 Å². The number of furan rings is 1. The quantitative estimate of drug-likeness (QED) is 0.184. The maximum Gasteiger partial charge on any atom is 0.164 e. The molecule has 7 aromatic carbocycles. The number of para-hydroxylation sites is 1. The predicted molar refractivity (Wildman–Crippen MR) is 200 cm³/mol. The van der Waals surface area contributed by atoms with Gasteiger partial charge in [-0.05, 0) is 46.0 Å². The van der Waals surface area contributed by atoms with Gasteiger partial charge in [0.15, 0.2) is 17.5 Å². The first kappa shape index (κ1) is 28.6. The molecule has 0 atom stereocenters. The molecule has 2 aromatic heterocycles. The molecule has 9 aromatic rings. The average Bonchev–Trinajstić information content (AvgIpc) is 3.58. The van der Waals surface area contributed by atoms with Gasteiger partial charge in [0.25, 0.3) is 0 Å². The van der Waals surface area contributed by atoms with Gasteiger partial charge in [-0.15, -0.1) is 0 Å². The highest BCUT2D eigenvalue weighted by Crippen LogP contribution is 2.40. The Kier molecular flexibility index (Phi) is 7.10. The average molecular weight is 628 g/mol. The van der Waals surface area contributed by atoms with Gasteiger partial charge in [0, 0.05) is 33.0 Å². The van der Waals surface area contributed by atoms with E-state index in [9.17, 15) is 0 Å². The summed E-state index contributed by atoms with van der Waals surface area (Å²) in [7, 11) is 0. The molecule has 0 aliphatic heterocycles. The second-order valence-electron chi connectivity index (χ2n) is 12.0. The van der Waals surface area contributed by atoms with Crippen molar-refractivity contribution < 1.29 is 4.42 Å². The number of hydrogen-bond acceptors (Lipinski definition) is 4. The van der Waals surface area contributed by atoms with E-state index in [1.165, 1.54) is 0 Å². The van der Waals surface area contributed by atoms with Gasteiger partial charge >= 0.3 is 0 Å². The maximum absolute atomic E-state index is 6.59. The van der Waals surface area contributed by atoms with Gasteiger partial charge in [0.2, 0.25) is 0 Å². The van der Waals surface area contributed by atoms with E-state index in [0.717, 1.165) is 72.0 Å². The zero-order valence-corrected chi connectivity index (χ0v) is 26.5. The van der Waals surface area contributed by atoms with Crippen LogP contribution in [-0.2, 0) is 0 Å². The molecule has 0 saturated heterocycles. The summed E-state index contributed by atoms with van der Waals surface area (Å²) >= 11 is 0. The van der Waals surface area contributed by atoms with E-state index in [0.29, 0.717) is 17.5 Å². The van der Waals surface area contributed by atoms with Crippen LogP contribution < -0.4 is 0 Å². The normalized spacial score (nSPS) is 11.3. The van der Waals surface area contributed by atoms with Crippen LogP contribution in [-0.4, -0.2) is 15.0 Å². The number of benzene rings is 7. The van der Waals surface area contributed by atoms with Crippen LogP contribution in [0.25, 0.3) is 89.5 Å². The lowest BCUT2D eigenvalue weighted by Gasteiger charge is -2.11. The monoisotopic (exact) mass is 627 g/mol. The van der Waals surface area contributed by atoms with Gasteiger partial charge in [0.1, 0.15) is 11.2 Å². The predicted octanol–water partition coefficient (Wildman–Crippen LogP) is 11.8. The third-order valence-electron chi connectivity index (χ3n) is 8.94. The smallest absolute Gasteiger partial charge is 0.164 e. The number of fused-ring (bicyclic) bond motifs is 3. The Balaban J connectivity index is 1.26. The van der Waals surface area contributed by atoms with E-state index < -0.39 is 0 Å². The summed E-state index contributed by atoms with van der Waals surface area (Å²) in [6.45, 7) is 0. The van der Waals surface area contributed by atoms with Crippen molar-refractivity contribution in [2.24, 2.45) is 0 Å². The SMILES string of the molecule is c1ccc(-c2cccc(-c3nc(-c4cccc(-c5ccccc5)c4)nc(-c4cccc5oc6c(-c7ccccc7)cccc6c45)n3)c2)cc1. The van der Waals surface area contributed by atoms with Gasteiger partial charge < -0.3 is 4.42 Å². The zero-order valence-electron chi connectivity index (χ0n) is 26.5. The summed E-state index contributed by atoms with van der Waals surface area (Å²) in [5.41, 5.74) is 11.0. The van der Waals surface area contributed by atoms with Gasteiger partial charge in [-0.25, -0.2) is 15.0 Å². The number of nitrogens with zero attached hydrogens (tertiary/aromatic N) is 3. The third kappa shape index (κ3) is 5.35. The third-order valence-corrected chi connectivity index (χ3v) is 8.94. The number of hydrogen-bond donors (Lipinski definition) is 0. The van der Waals surface area contributed by atoms with Crippen LogP contribution >= 0.6 is 0 Å². The molecule has 49 heavy (non-hydrogen) atoms. The standard InChI is InChI=1S/C45H29N3O/c1-4-14-30(15-5-1)33-20-10-22-35(28-33)43-46-44(36-23-11-21-34(29-36)31-16-6-2-7-17-31)48-45(47-43)39-26-13-27-40-41(39)38-25-12-24-37(42(38)49-40)32-18-8-3-9-19-32/h1-29H. The zero-order chi connectivity index (χ0) is 32.6. The van der Waals surface area contributed by atoms with Crippen molar-refractivity contribution in [1.82, 2.24) is 15.0 Å². The molecule has 0 spiro atoms. The van der Waals surface area contributed by atoms with Crippen LogP contribution in [0.3, 0.4) is 0 Å². The van der Waals surface area contributed by atoms with Crippen LogP contribution in [0.5, 0.6) is 0 Å². The molecule has 0 unspecified atom stereocenters. The molecule has 0 amide bonds. The molecule has 230 valence electrons. The summed E-state index contributed by atoms with van der Waals surface area (Å²) in [5.74, 6) is 1.81. The lowest BCUT2D eigenvalue weighted by Crippen LogP contribution is -2.00. The fraction of sp³-hybridized carbons (Fsp3) is 0. The minimum absolute atomic E-state index is 0.591. The highest BCUT2D eigenvalue weighted by atomic mass is 16.3. The molecular weight excluding hydrogens is 599 g/mol. The lowest BCUT2D eigenvalue weighted by atomic mass is 10.00. The molecular formula is C45H29N3O. The molecule has 0 fully saturated rings. The fourth-order valence-electron chi connectivity index (χ4n) is 6.57. The molecule has 0 bridgehead atoms. The van der Waals surface area contributed by atoms with Crippen molar-refractivity contribution in [3.63, 3.8) is 0 Å². The molecule has 0 aliphatic rings. The summed E-state index contributed by atoms with van der Waals surface area (Å²) in [4.78, 5) is 15.4. The molecule has 2 heterocycles. The van der Waals surface area contributed by atoms with Crippen molar-refractivity contribution >= 4 is 21.9 Å². The Morgan fingerprint density at radius 2 is 0.776 bits per heavy atom. The van der Waals surface area contributed by atoms with E-state index in [4.69, 9.17) is 19.4 Å². The van der Waals surface area contributed by atoms with E-state index in [2.05, 4.69) is 146 Å². The number of rotatable bonds is 6. The minimum atomic E-state index is 0.591. The minimum Gasteiger partial charge on any atom is -0.455 e. The second kappa shape index (κ2) is 12.2. The van der Waals surface area contributed by atoms with Gasteiger partial charge in [-0.3, -0.25) is 0 Å². The van der Waals surface area contributed by atoms with E-state index >= 15 is 0 Å². The van der Waals surface area contributed by atoms with Crippen molar-refractivity contribution in [3.05, 3.63) is 176 Å². The summed E-state index contributed by atoms with van der Waals surface area (Å²) in [6, 6.07) is 60.3.